The summed E-state index contributed by atoms with van der Waals surface area (Å²) in [5, 5.41) is 23.9. The van der Waals surface area contributed by atoms with Crippen LogP contribution in [0.25, 0.3) is 11.0 Å². The second kappa shape index (κ2) is 14.0. The van der Waals surface area contributed by atoms with Crippen LogP contribution >= 0.6 is 0 Å². The van der Waals surface area contributed by atoms with Gasteiger partial charge in [0, 0.05) is 17.6 Å². The van der Waals surface area contributed by atoms with Crippen molar-refractivity contribution in [3.63, 3.8) is 0 Å². The first-order valence-corrected chi connectivity index (χ1v) is 13.2. The molecule has 1 aliphatic heterocycles. The summed E-state index contributed by atoms with van der Waals surface area (Å²) in [5.74, 6) is 1.31. The van der Waals surface area contributed by atoms with Crippen molar-refractivity contribution in [1.82, 2.24) is 29.5 Å². The van der Waals surface area contributed by atoms with Crippen LogP contribution in [-0.2, 0) is 11.2 Å². The molecule has 0 aliphatic carbocycles. The first kappa shape index (κ1) is 30.7. The number of nitriles is 1. The number of amides is 1. The van der Waals surface area contributed by atoms with Gasteiger partial charge < -0.3 is 10.1 Å². The van der Waals surface area contributed by atoms with E-state index in [9.17, 15) is 4.79 Å². The van der Waals surface area contributed by atoms with Gasteiger partial charge in [0.25, 0.3) is 0 Å². The van der Waals surface area contributed by atoms with Crippen LogP contribution in [0.4, 0.5) is 11.8 Å². The molecule has 3 aromatic heterocycles. The van der Waals surface area contributed by atoms with Crippen molar-refractivity contribution in [3.05, 3.63) is 53.9 Å². The van der Waals surface area contributed by atoms with Gasteiger partial charge in [-0.3, -0.25) is 15.1 Å². The van der Waals surface area contributed by atoms with Gasteiger partial charge in [-0.2, -0.15) is 25.4 Å². The molecular weight excluding hydrogens is 520 g/mol. The topological polar surface area (TPSA) is 148 Å². The van der Waals surface area contributed by atoms with E-state index >= 15 is 0 Å². The molecular formula is C29H38N10O2. The second-order valence-electron chi connectivity index (χ2n) is 9.82. The minimum absolute atomic E-state index is 0. The predicted molar refractivity (Wildman–Crippen MR) is 160 cm³/mol. The maximum atomic E-state index is 12.3. The highest BCUT2D eigenvalue weighted by molar-refractivity contribution is 5.92. The van der Waals surface area contributed by atoms with E-state index in [0.717, 1.165) is 11.4 Å². The number of carbonyl (C=O) groups excluding carboxylic acids is 1. The summed E-state index contributed by atoms with van der Waals surface area (Å²) in [6, 6.07) is 12.1. The Balaban J connectivity index is 0.000000276. The second-order valence-corrected chi connectivity index (χ2v) is 9.82. The van der Waals surface area contributed by atoms with Gasteiger partial charge >= 0.3 is 0 Å². The number of nitrogens with one attached hydrogen (secondary N) is 2. The molecule has 0 spiro atoms. The van der Waals surface area contributed by atoms with E-state index in [-0.39, 0.29) is 50.8 Å². The fraction of sp³-hybridized carbons (Fsp3) is 0.414. The first-order chi connectivity index (χ1) is 19.3. The quantitative estimate of drug-likeness (QED) is 0.270. The highest BCUT2D eigenvalue weighted by Gasteiger charge is 2.19. The monoisotopic (exact) mass is 558 g/mol. The average molecular weight is 559 g/mol. The van der Waals surface area contributed by atoms with E-state index in [1.807, 2.05) is 61.1 Å². The predicted octanol–water partition coefficient (Wildman–Crippen LogP) is 5.50. The van der Waals surface area contributed by atoms with Crippen molar-refractivity contribution in [2.24, 2.45) is 4.99 Å². The van der Waals surface area contributed by atoms with Crippen molar-refractivity contribution in [1.29, 1.82) is 5.26 Å². The smallest absolute Gasteiger partial charge is 0.234 e. The SMILES string of the molecule is C.CC(C)n1ncc2c(OCCC#N)nc(NC(=O)Cc3ccccc3)nc21.CC1N=CNc2c1cnn2C(C)C. The first-order valence-electron chi connectivity index (χ1n) is 13.2. The largest absolute Gasteiger partial charge is 0.476 e. The number of fused-ring (bicyclic) bond motifs is 2. The Bertz CT molecular complexity index is 1520. The normalized spacial score (nSPS) is 13.5. The third-order valence-electron chi connectivity index (χ3n) is 6.08. The number of aromatic nitrogens is 6. The fourth-order valence-electron chi connectivity index (χ4n) is 4.10. The zero-order valence-corrected chi connectivity index (χ0v) is 23.4. The van der Waals surface area contributed by atoms with Crippen LogP contribution in [-0.4, -0.2) is 48.4 Å². The van der Waals surface area contributed by atoms with E-state index in [0.29, 0.717) is 23.0 Å². The maximum absolute atomic E-state index is 12.3. The molecule has 0 saturated carbocycles. The molecule has 0 radical (unpaired) electrons. The number of carbonyl (C=O) groups is 1. The van der Waals surface area contributed by atoms with Crippen LogP contribution in [0.1, 0.15) is 77.7 Å². The molecule has 216 valence electrons. The summed E-state index contributed by atoms with van der Waals surface area (Å²) >= 11 is 0. The van der Waals surface area contributed by atoms with Gasteiger partial charge in [0.15, 0.2) is 5.65 Å². The van der Waals surface area contributed by atoms with Crippen LogP contribution in [0, 0.1) is 11.3 Å². The van der Waals surface area contributed by atoms with Crippen LogP contribution in [0.3, 0.4) is 0 Å². The van der Waals surface area contributed by atoms with Gasteiger partial charge in [0.1, 0.15) is 17.8 Å². The van der Waals surface area contributed by atoms with Gasteiger partial charge in [0.2, 0.25) is 17.7 Å². The molecule has 1 aromatic carbocycles. The third-order valence-corrected chi connectivity index (χ3v) is 6.08. The van der Waals surface area contributed by atoms with Gasteiger partial charge in [-0.05, 0) is 40.2 Å². The standard InChI is InChI=1S/C19H20N6O2.C9H14N4.CH4/c1-13(2)25-17-15(12-21-25)18(27-10-6-9-20)24-19(23-17)22-16(26)11-14-7-4-3-5-8-14;1-6(2)13-9-8(4-12-13)7(3)10-5-11-9;/h3-5,7-8,12-13H,6,10-11H2,1-2H3,(H,22,23,24,26);4-7H,1-3H3,(H,10,11);1H4. The summed E-state index contributed by atoms with van der Waals surface area (Å²) in [6.45, 7) is 10.5. The maximum Gasteiger partial charge on any atom is 0.234 e. The highest BCUT2D eigenvalue weighted by Crippen LogP contribution is 2.29. The summed E-state index contributed by atoms with van der Waals surface area (Å²) in [7, 11) is 0. The minimum Gasteiger partial charge on any atom is -0.476 e. The molecule has 4 aromatic rings. The molecule has 12 nitrogen and oxygen atoms in total. The van der Waals surface area contributed by atoms with Gasteiger partial charge in [-0.15, -0.1) is 0 Å². The van der Waals surface area contributed by atoms with Crippen molar-refractivity contribution in [3.8, 4) is 11.9 Å². The zero-order chi connectivity index (χ0) is 28.6. The van der Waals surface area contributed by atoms with Gasteiger partial charge in [0.05, 0.1) is 43.7 Å². The Morgan fingerprint density at radius 3 is 2.49 bits per heavy atom. The molecule has 0 bridgehead atoms. The van der Waals surface area contributed by atoms with Crippen LogP contribution in [0.2, 0.25) is 0 Å². The van der Waals surface area contributed by atoms with E-state index in [1.165, 1.54) is 5.56 Å². The fourth-order valence-corrected chi connectivity index (χ4v) is 4.10. The lowest BCUT2D eigenvalue weighted by molar-refractivity contribution is -0.115. The minimum atomic E-state index is -0.223. The summed E-state index contributed by atoms with van der Waals surface area (Å²) in [6.07, 6.45) is 5.72. The lowest BCUT2D eigenvalue weighted by atomic mass is 10.1. The van der Waals surface area contributed by atoms with Crippen molar-refractivity contribution < 1.29 is 9.53 Å². The number of ether oxygens (including phenoxy) is 1. The molecule has 5 rings (SSSR count). The number of rotatable bonds is 8. The Morgan fingerprint density at radius 1 is 1.10 bits per heavy atom. The van der Waals surface area contributed by atoms with Crippen molar-refractivity contribution >= 4 is 35.0 Å². The van der Waals surface area contributed by atoms with E-state index in [4.69, 9.17) is 10.00 Å². The highest BCUT2D eigenvalue weighted by atomic mass is 16.5. The van der Waals surface area contributed by atoms with Crippen molar-refractivity contribution in [2.75, 3.05) is 17.2 Å². The van der Waals surface area contributed by atoms with Crippen LogP contribution in [0.5, 0.6) is 5.88 Å². The third kappa shape index (κ3) is 7.45. The number of benzene rings is 1. The summed E-state index contributed by atoms with van der Waals surface area (Å²) < 4.78 is 9.34. The Labute approximate surface area is 240 Å². The summed E-state index contributed by atoms with van der Waals surface area (Å²) in [5.41, 5.74) is 2.65. The molecule has 4 heterocycles. The molecule has 0 saturated heterocycles. The molecule has 1 atom stereocenters. The number of hydrogen-bond acceptors (Lipinski definition) is 9. The molecule has 2 N–H and O–H groups in total. The van der Waals surface area contributed by atoms with Crippen LogP contribution in [0.15, 0.2) is 47.7 Å². The lowest BCUT2D eigenvalue weighted by Crippen LogP contribution is -2.17. The Morgan fingerprint density at radius 2 is 1.80 bits per heavy atom. The van der Waals surface area contributed by atoms with E-state index < -0.39 is 0 Å². The molecule has 0 fully saturated rings. The van der Waals surface area contributed by atoms with E-state index in [1.54, 1.807) is 17.2 Å². The zero-order valence-electron chi connectivity index (χ0n) is 23.4. The lowest BCUT2D eigenvalue weighted by Gasteiger charge is -2.17. The number of aliphatic imine (C=N–C) groups is 1. The summed E-state index contributed by atoms with van der Waals surface area (Å²) in [4.78, 5) is 25.3. The molecule has 1 unspecified atom stereocenters. The molecule has 12 heteroatoms. The Hall–Kier alpha value is -4.79. The van der Waals surface area contributed by atoms with E-state index in [2.05, 4.69) is 56.6 Å². The van der Waals surface area contributed by atoms with Crippen LogP contribution < -0.4 is 15.4 Å². The average Bonchev–Trinajstić information content (AvgIpc) is 3.55. The van der Waals surface area contributed by atoms with Gasteiger partial charge in [-0.25, -0.2) is 9.36 Å². The van der Waals surface area contributed by atoms with Crippen molar-refractivity contribution in [2.45, 2.75) is 73.0 Å². The van der Waals surface area contributed by atoms with Gasteiger partial charge in [-0.1, -0.05) is 37.8 Å². The number of hydrogen-bond donors (Lipinski definition) is 2. The Kier molecular flexibility index (Phi) is 10.5. The molecule has 1 aliphatic rings. The number of nitrogens with zero attached hydrogens (tertiary/aromatic N) is 8. The number of anilines is 2. The molecule has 41 heavy (non-hydrogen) atoms. The molecule has 1 amide bonds.